The van der Waals surface area contributed by atoms with E-state index in [9.17, 15) is 9.59 Å². The fourth-order valence-corrected chi connectivity index (χ4v) is 1.58. The van der Waals surface area contributed by atoms with Crippen LogP contribution < -0.4 is 10.6 Å². The molecule has 2 rings (SSSR count). The van der Waals surface area contributed by atoms with E-state index in [1.165, 1.54) is 0 Å². The van der Waals surface area contributed by atoms with Crippen LogP contribution in [0.2, 0.25) is 0 Å². The first kappa shape index (κ1) is 10.5. The van der Waals surface area contributed by atoms with Crippen molar-refractivity contribution in [3.63, 3.8) is 0 Å². The fraction of sp³-hybridized carbons (Fsp3) is 0.400. The van der Waals surface area contributed by atoms with E-state index >= 15 is 0 Å². The number of allylic oxidation sites excluding steroid dienone is 2. The number of fused-ring (bicyclic) bond motifs is 1. The van der Waals surface area contributed by atoms with Crippen LogP contribution in [0.3, 0.4) is 0 Å². The van der Waals surface area contributed by atoms with Gasteiger partial charge < -0.3 is 5.32 Å². The Morgan fingerprint density at radius 2 is 2.07 bits per heavy atom. The maximum Gasteiger partial charge on any atom is 0.321 e. The summed E-state index contributed by atoms with van der Waals surface area (Å²) in [4.78, 5) is 22.2. The van der Waals surface area contributed by atoms with Gasteiger partial charge in [0, 0.05) is 0 Å². The summed E-state index contributed by atoms with van der Waals surface area (Å²) in [7, 11) is 0. The molecule has 0 aromatic rings. The van der Waals surface area contributed by atoms with Crippen molar-refractivity contribution >= 4 is 11.9 Å². The summed E-state index contributed by atoms with van der Waals surface area (Å²) in [5.74, 6) is -0.472. The number of rotatable bonds is 0. The monoisotopic (exact) mass is 194 g/mol. The number of carbonyl (C=O) groups is 2. The number of imide groups is 1. The predicted octanol–water partition coefficient (Wildman–Crippen LogP) is 0.963. The zero-order chi connectivity index (χ0) is 9.42. The molecule has 1 aliphatic heterocycles. The van der Waals surface area contributed by atoms with Gasteiger partial charge in [0.1, 0.15) is 0 Å². The maximum absolute atomic E-state index is 11.3. The van der Waals surface area contributed by atoms with Gasteiger partial charge in [-0.05, 0) is 6.92 Å². The molecule has 2 unspecified atom stereocenters. The minimum Gasteiger partial charge on any atom is -0.330 e. The smallest absolute Gasteiger partial charge is 0.321 e. The third-order valence-corrected chi connectivity index (χ3v) is 2.23. The van der Waals surface area contributed by atoms with Crippen LogP contribution in [0.5, 0.6) is 0 Å². The highest BCUT2D eigenvalue weighted by atomic mass is 16.2. The molecule has 14 heavy (non-hydrogen) atoms. The average Bonchev–Trinajstić information content (AvgIpc) is 2.06. The molecule has 2 N–H and O–H groups in total. The van der Waals surface area contributed by atoms with Crippen LogP contribution in [0.15, 0.2) is 23.8 Å². The molecule has 0 aromatic carbocycles. The van der Waals surface area contributed by atoms with Crippen LogP contribution in [0.25, 0.3) is 0 Å². The average molecular weight is 194 g/mol. The third-order valence-electron chi connectivity index (χ3n) is 2.23. The Kier molecular flexibility index (Phi) is 2.74. The van der Waals surface area contributed by atoms with Crippen LogP contribution in [0.1, 0.15) is 14.4 Å². The summed E-state index contributed by atoms with van der Waals surface area (Å²) >= 11 is 0. The lowest BCUT2D eigenvalue weighted by molar-refractivity contribution is -0.123. The standard InChI is InChI=1S/C9H10N2O2.CH4/c1-5-2-3-7-6(4-5)8(12)11-9(13)10-7;/h2-4,6-7H,1H3,(H2,10,11,12,13);1H4. The Morgan fingerprint density at radius 3 is 2.79 bits per heavy atom. The summed E-state index contributed by atoms with van der Waals surface area (Å²) in [6, 6.07) is -0.589. The molecule has 0 radical (unpaired) electrons. The van der Waals surface area contributed by atoms with Crippen molar-refractivity contribution in [1.82, 2.24) is 10.6 Å². The molecule has 1 aliphatic carbocycles. The van der Waals surface area contributed by atoms with E-state index < -0.39 is 6.03 Å². The quantitative estimate of drug-likeness (QED) is 0.603. The first-order valence-electron chi connectivity index (χ1n) is 4.15. The first-order valence-corrected chi connectivity index (χ1v) is 4.15. The molecule has 1 heterocycles. The van der Waals surface area contributed by atoms with Crippen molar-refractivity contribution < 1.29 is 9.59 Å². The van der Waals surface area contributed by atoms with Crippen molar-refractivity contribution in [3.05, 3.63) is 23.8 Å². The van der Waals surface area contributed by atoms with Crippen LogP contribution in [0.4, 0.5) is 4.79 Å². The number of carbonyl (C=O) groups excluding carboxylic acids is 2. The fourth-order valence-electron chi connectivity index (χ4n) is 1.58. The second kappa shape index (κ2) is 3.65. The molecule has 76 valence electrons. The van der Waals surface area contributed by atoms with Gasteiger partial charge in [-0.2, -0.15) is 0 Å². The summed E-state index contributed by atoms with van der Waals surface area (Å²) in [5, 5.41) is 4.90. The molecule has 1 fully saturated rings. The Labute approximate surface area is 83.1 Å². The highest BCUT2D eigenvalue weighted by Crippen LogP contribution is 2.19. The highest BCUT2D eigenvalue weighted by molar-refractivity contribution is 5.99. The van der Waals surface area contributed by atoms with Crippen LogP contribution in [-0.4, -0.2) is 18.0 Å². The summed E-state index contributed by atoms with van der Waals surface area (Å²) in [6.07, 6.45) is 5.61. The summed E-state index contributed by atoms with van der Waals surface area (Å²) < 4.78 is 0. The molecule has 4 heteroatoms. The van der Waals surface area contributed by atoms with Gasteiger partial charge >= 0.3 is 6.03 Å². The Balaban J connectivity index is 0.000000980. The Morgan fingerprint density at radius 1 is 1.36 bits per heavy atom. The number of nitrogens with one attached hydrogen (secondary N) is 2. The molecule has 2 atom stereocenters. The maximum atomic E-state index is 11.3. The van der Waals surface area contributed by atoms with Crippen molar-refractivity contribution in [2.24, 2.45) is 5.92 Å². The molecule has 4 nitrogen and oxygen atoms in total. The van der Waals surface area contributed by atoms with Gasteiger partial charge in [-0.15, -0.1) is 0 Å². The van der Waals surface area contributed by atoms with Crippen molar-refractivity contribution in [2.45, 2.75) is 20.4 Å². The third kappa shape index (κ3) is 1.69. The van der Waals surface area contributed by atoms with E-state index in [4.69, 9.17) is 0 Å². The SMILES string of the molecule is C.CC1=CC2C(=O)NC(=O)NC2C=C1. The molecule has 0 spiro atoms. The Hall–Kier alpha value is -1.58. The van der Waals surface area contributed by atoms with E-state index in [1.807, 2.05) is 25.2 Å². The highest BCUT2D eigenvalue weighted by Gasteiger charge is 2.33. The van der Waals surface area contributed by atoms with Gasteiger partial charge in [-0.3, -0.25) is 10.1 Å². The van der Waals surface area contributed by atoms with Gasteiger partial charge in [-0.1, -0.05) is 31.2 Å². The van der Waals surface area contributed by atoms with E-state index in [1.54, 1.807) is 0 Å². The van der Waals surface area contributed by atoms with Crippen molar-refractivity contribution in [1.29, 1.82) is 0 Å². The van der Waals surface area contributed by atoms with Gasteiger partial charge in [0.15, 0.2) is 0 Å². The minimum atomic E-state index is -0.413. The number of hydrogen-bond donors (Lipinski definition) is 2. The van der Waals surface area contributed by atoms with Gasteiger partial charge in [0.05, 0.1) is 12.0 Å². The lowest BCUT2D eigenvalue weighted by atomic mass is 9.90. The molecule has 0 bridgehead atoms. The normalized spacial score (nSPS) is 29.4. The lowest BCUT2D eigenvalue weighted by Gasteiger charge is -2.29. The molecule has 2 aliphatic rings. The Bertz CT molecular complexity index is 331. The van der Waals surface area contributed by atoms with Crippen LogP contribution >= 0.6 is 0 Å². The zero-order valence-corrected chi connectivity index (χ0v) is 7.20. The van der Waals surface area contributed by atoms with Crippen molar-refractivity contribution in [3.8, 4) is 0 Å². The molecular weight excluding hydrogens is 180 g/mol. The molecule has 3 amide bonds. The van der Waals surface area contributed by atoms with E-state index in [-0.39, 0.29) is 25.3 Å². The second-order valence-corrected chi connectivity index (χ2v) is 3.28. The number of amides is 3. The lowest BCUT2D eigenvalue weighted by Crippen LogP contribution is -2.57. The molecule has 1 saturated heterocycles. The van der Waals surface area contributed by atoms with Crippen LogP contribution in [-0.2, 0) is 4.79 Å². The van der Waals surface area contributed by atoms with E-state index in [0.717, 1.165) is 5.57 Å². The largest absolute Gasteiger partial charge is 0.330 e. The van der Waals surface area contributed by atoms with Crippen molar-refractivity contribution in [2.75, 3.05) is 0 Å². The van der Waals surface area contributed by atoms with Gasteiger partial charge in [-0.25, -0.2) is 4.79 Å². The molecular formula is C10H14N2O2. The van der Waals surface area contributed by atoms with Gasteiger partial charge in [0.25, 0.3) is 0 Å². The van der Waals surface area contributed by atoms with E-state index in [2.05, 4.69) is 10.6 Å². The van der Waals surface area contributed by atoms with E-state index in [0.29, 0.717) is 0 Å². The van der Waals surface area contributed by atoms with Gasteiger partial charge in [0.2, 0.25) is 5.91 Å². The number of urea groups is 1. The zero-order valence-electron chi connectivity index (χ0n) is 7.20. The minimum absolute atomic E-state index is 0. The topological polar surface area (TPSA) is 58.2 Å². The molecule has 0 saturated carbocycles. The summed E-state index contributed by atoms with van der Waals surface area (Å²) in [5.41, 5.74) is 1.05. The predicted molar refractivity (Wildman–Crippen MR) is 53.6 cm³/mol. The first-order chi connectivity index (χ1) is 6.16. The summed E-state index contributed by atoms with van der Waals surface area (Å²) in [6.45, 7) is 1.93. The molecule has 0 aromatic heterocycles. The second-order valence-electron chi connectivity index (χ2n) is 3.28. The number of hydrogen-bond acceptors (Lipinski definition) is 2. The van der Waals surface area contributed by atoms with Crippen LogP contribution in [0, 0.1) is 5.92 Å².